The topological polar surface area (TPSA) is 78.4 Å². The second kappa shape index (κ2) is 6.76. The third kappa shape index (κ3) is 4.09. The summed E-state index contributed by atoms with van der Waals surface area (Å²) in [5, 5.41) is 15.2. The second-order valence-electron chi connectivity index (χ2n) is 5.08. The molecule has 0 heterocycles. The fraction of sp³-hybridized carbons (Fsp3) is 0.176. The first-order valence-corrected chi connectivity index (χ1v) is 6.90. The number of phenols is 1. The lowest BCUT2D eigenvalue weighted by Gasteiger charge is -2.08. The average Bonchev–Trinajstić information content (AvgIpc) is 2.45. The van der Waals surface area contributed by atoms with Crippen LogP contribution in [0.2, 0.25) is 0 Å². The standard InChI is InChI=1S/C17H18N2O3/c1-11-3-8-15(16(21)9-11)17(22)18-10-13-4-6-14(7-5-13)19-12(2)20/h3-9,21H,10H2,1-2H3,(H,18,22)(H,19,20). The van der Waals surface area contributed by atoms with Gasteiger partial charge in [-0.25, -0.2) is 0 Å². The van der Waals surface area contributed by atoms with E-state index in [2.05, 4.69) is 10.6 Å². The van der Waals surface area contributed by atoms with Crippen LogP contribution in [-0.4, -0.2) is 16.9 Å². The maximum atomic E-state index is 12.0. The Labute approximate surface area is 129 Å². The zero-order chi connectivity index (χ0) is 16.1. The van der Waals surface area contributed by atoms with Crippen LogP contribution >= 0.6 is 0 Å². The van der Waals surface area contributed by atoms with E-state index < -0.39 is 0 Å². The van der Waals surface area contributed by atoms with Crippen molar-refractivity contribution in [2.24, 2.45) is 0 Å². The normalized spacial score (nSPS) is 10.1. The Balaban J connectivity index is 1.97. The zero-order valence-electron chi connectivity index (χ0n) is 12.5. The number of nitrogens with one attached hydrogen (secondary N) is 2. The van der Waals surface area contributed by atoms with Gasteiger partial charge in [-0.1, -0.05) is 18.2 Å². The highest BCUT2D eigenvalue weighted by molar-refractivity contribution is 5.96. The van der Waals surface area contributed by atoms with E-state index in [1.165, 1.54) is 6.92 Å². The summed E-state index contributed by atoms with van der Waals surface area (Å²) in [7, 11) is 0. The van der Waals surface area contributed by atoms with Crippen molar-refractivity contribution < 1.29 is 14.7 Å². The van der Waals surface area contributed by atoms with E-state index in [0.717, 1.165) is 11.1 Å². The largest absolute Gasteiger partial charge is 0.507 e. The molecule has 0 aromatic heterocycles. The molecule has 0 bridgehead atoms. The molecule has 0 fully saturated rings. The summed E-state index contributed by atoms with van der Waals surface area (Å²) in [4.78, 5) is 23.0. The molecule has 3 N–H and O–H groups in total. The van der Waals surface area contributed by atoms with Gasteiger partial charge in [0.15, 0.2) is 0 Å². The van der Waals surface area contributed by atoms with E-state index in [-0.39, 0.29) is 23.1 Å². The van der Waals surface area contributed by atoms with Crippen molar-refractivity contribution in [3.8, 4) is 5.75 Å². The van der Waals surface area contributed by atoms with Crippen molar-refractivity contribution in [2.45, 2.75) is 20.4 Å². The molecular formula is C17H18N2O3. The van der Waals surface area contributed by atoms with E-state index in [1.807, 2.05) is 19.1 Å². The van der Waals surface area contributed by atoms with Gasteiger partial charge in [-0.3, -0.25) is 9.59 Å². The molecule has 0 atom stereocenters. The number of aromatic hydroxyl groups is 1. The van der Waals surface area contributed by atoms with Gasteiger partial charge in [0.2, 0.25) is 5.91 Å². The third-order valence-corrected chi connectivity index (χ3v) is 3.13. The fourth-order valence-corrected chi connectivity index (χ4v) is 2.02. The van der Waals surface area contributed by atoms with Crippen molar-refractivity contribution in [3.63, 3.8) is 0 Å². The molecule has 2 rings (SSSR count). The van der Waals surface area contributed by atoms with Gasteiger partial charge in [0.25, 0.3) is 5.91 Å². The molecule has 0 saturated heterocycles. The van der Waals surface area contributed by atoms with Gasteiger partial charge in [0, 0.05) is 19.2 Å². The lowest BCUT2D eigenvalue weighted by atomic mass is 10.1. The van der Waals surface area contributed by atoms with E-state index in [0.29, 0.717) is 12.2 Å². The molecule has 0 saturated carbocycles. The van der Waals surface area contributed by atoms with Crippen LogP contribution in [0.3, 0.4) is 0 Å². The highest BCUT2D eigenvalue weighted by Gasteiger charge is 2.10. The van der Waals surface area contributed by atoms with Gasteiger partial charge in [-0.2, -0.15) is 0 Å². The van der Waals surface area contributed by atoms with Crippen LogP contribution in [0.15, 0.2) is 42.5 Å². The number of carbonyl (C=O) groups excluding carboxylic acids is 2. The lowest BCUT2D eigenvalue weighted by Crippen LogP contribution is -2.22. The molecule has 2 aromatic rings. The first kappa shape index (κ1) is 15.6. The molecule has 0 aliphatic rings. The molecule has 114 valence electrons. The van der Waals surface area contributed by atoms with E-state index in [4.69, 9.17) is 0 Å². The third-order valence-electron chi connectivity index (χ3n) is 3.13. The second-order valence-corrected chi connectivity index (χ2v) is 5.08. The van der Waals surface area contributed by atoms with Crippen molar-refractivity contribution in [1.82, 2.24) is 5.32 Å². The summed E-state index contributed by atoms with van der Waals surface area (Å²) in [5.41, 5.74) is 2.75. The van der Waals surface area contributed by atoms with Crippen LogP contribution in [-0.2, 0) is 11.3 Å². The first-order valence-electron chi connectivity index (χ1n) is 6.90. The van der Waals surface area contributed by atoms with Crippen LogP contribution in [0.4, 0.5) is 5.69 Å². The molecule has 2 aromatic carbocycles. The highest BCUT2D eigenvalue weighted by atomic mass is 16.3. The van der Waals surface area contributed by atoms with E-state index >= 15 is 0 Å². The zero-order valence-corrected chi connectivity index (χ0v) is 12.5. The van der Waals surface area contributed by atoms with Crippen molar-refractivity contribution in [3.05, 3.63) is 59.2 Å². The fourth-order valence-electron chi connectivity index (χ4n) is 2.02. The predicted octanol–water partition coefficient (Wildman–Crippen LogP) is 2.59. The van der Waals surface area contributed by atoms with Gasteiger partial charge in [0.05, 0.1) is 5.56 Å². The number of phenolic OH excluding ortho intramolecular Hbond substituents is 1. The Morgan fingerprint density at radius 3 is 2.36 bits per heavy atom. The summed E-state index contributed by atoms with van der Waals surface area (Å²) in [6.45, 7) is 3.63. The summed E-state index contributed by atoms with van der Waals surface area (Å²) in [5.74, 6) is -0.488. The summed E-state index contributed by atoms with van der Waals surface area (Å²) in [6, 6.07) is 12.1. The van der Waals surface area contributed by atoms with Gasteiger partial charge < -0.3 is 15.7 Å². The minimum Gasteiger partial charge on any atom is -0.507 e. The number of benzene rings is 2. The molecule has 0 aliphatic heterocycles. The predicted molar refractivity (Wildman–Crippen MR) is 84.8 cm³/mol. The number of hydrogen-bond donors (Lipinski definition) is 3. The Morgan fingerprint density at radius 1 is 1.09 bits per heavy atom. The number of rotatable bonds is 4. The average molecular weight is 298 g/mol. The summed E-state index contributed by atoms with van der Waals surface area (Å²) >= 11 is 0. The minimum atomic E-state index is -0.330. The van der Waals surface area contributed by atoms with Crippen molar-refractivity contribution >= 4 is 17.5 Å². The Kier molecular flexibility index (Phi) is 4.78. The molecular weight excluding hydrogens is 280 g/mol. The number of amides is 2. The molecule has 22 heavy (non-hydrogen) atoms. The van der Waals surface area contributed by atoms with Crippen LogP contribution in [0.1, 0.15) is 28.4 Å². The molecule has 5 nitrogen and oxygen atoms in total. The van der Waals surface area contributed by atoms with Crippen molar-refractivity contribution in [1.29, 1.82) is 0 Å². The Hall–Kier alpha value is -2.82. The number of aryl methyl sites for hydroxylation is 1. The van der Waals surface area contributed by atoms with Crippen LogP contribution in [0.5, 0.6) is 5.75 Å². The SMILES string of the molecule is CC(=O)Nc1ccc(CNC(=O)c2ccc(C)cc2O)cc1. The molecule has 2 amide bonds. The molecule has 0 spiro atoms. The van der Waals surface area contributed by atoms with Crippen LogP contribution < -0.4 is 10.6 Å². The highest BCUT2D eigenvalue weighted by Crippen LogP contribution is 2.18. The molecule has 0 unspecified atom stereocenters. The molecule has 0 radical (unpaired) electrons. The molecule has 0 aliphatic carbocycles. The van der Waals surface area contributed by atoms with Gasteiger partial charge in [-0.15, -0.1) is 0 Å². The van der Waals surface area contributed by atoms with Crippen LogP contribution in [0, 0.1) is 6.92 Å². The van der Waals surface area contributed by atoms with E-state index in [1.54, 1.807) is 30.3 Å². The Bertz CT molecular complexity index is 694. The quantitative estimate of drug-likeness (QED) is 0.812. The minimum absolute atomic E-state index is 0.0292. The number of hydrogen-bond acceptors (Lipinski definition) is 3. The van der Waals surface area contributed by atoms with Crippen LogP contribution in [0.25, 0.3) is 0 Å². The summed E-state index contributed by atoms with van der Waals surface area (Å²) < 4.78 is 0. The first-order chi connectivity index (χ1) is 10.5. The maximum Gasteiger partial charge on any atom is 0.255 e. The van der Waals surface area contributed by atoms with E-state index in [9.17, 15) is 14.7 Å². The smallest absolute Gasteiger partial charge is 0.255 e. The van der Waals surface area contributed by atoms with Gasteiger partial charge in [-0.05, 0) is 42.3 Å². The number of carbonyl (C=O) groups is 2. The Morgan fingerprint density at radius 2 is 1.77 bits per heavy atom. The lowest BCUT2D eigenvalue weighted by molar-refractivity contribution is -0.114. The maximum absolute atomic E-state index is 12.0. The molecule has 5 heteroatoms. The van der Waals surface area contributed by atoms with Gasteiger partial charge in [0.1, 0.15) is 5.75 Å². The van der Waals surface area contributed by atoms with Gasteiger partial charge >= 0.3 is 0 Å². The summed E-state index contributed by atoms with van der Waals surface area (Å²) in [6.07, 6.45) is 0. The van der Waals surface area contributed by atoms with Crippen molar-refractivity contribution in [2.75, 3.05) is 5.32 Å². The monoisotopic (exact) mass is 298 g/mol. The number of anilines is 1.